The van der Waals surface area contributed by atoms with E-state index in [0.29, 0.717) is 17.8 Å². The van der Waals surface area contributed by atoms with Crippen molar-refractivity contribution in [1.82, 2.24) is 19.7 Å². The van der Waals surface area contributed by atoms with Gasteiger partial charge in [-0.1, -0.05) is 0 Å². The van der Waals surface area contributed by atoms with E-state index in [4.69, 9.17) is 5.26 Å². The van der Waals surface area contributed by atoms with E-state index in [2.05, 4.69) is 15.1 Å². The molecule has 0 aliphatic carbocycles. The Kier molecular flexibility index (Phi) is 3.51. The second-order valence-electron chi connectivity index (χ2n) is 5.83. The van der Waals surface area contributed by atoms with Gasteiger partial charge in [0.05, 0.1) is 41.4 Å². The number of carbonyl (C=O) groups is 1. The Morgan fingerprint density at radius 2 is 2.24 bits per heavy atom. The van der Waals surface area contributed by atoms with Crippen LogP contribution in [0.15, 0.2) is 43.0 Å². The maximum Gasteiger partial charge on any atom is 0.260 e. The minimum Gasteiger partial charge on any atom is -0.299 e. The van der Waals surface area contributed by atoms with Crippen molar-refractivity contribution in [2.45, 2.75) is 20.0 Å². The predicted octanol–water partition coefficient (Wildman–Crippen LogP) is 2.33. The molecule has 3 aromatic heterocycles. The molecule has 4 heterocycles. The first kappa shape index (κ1) is 15.0. The molecule has 1 aliphatic heterocycles. The van der Waals surface area contributed by atoms with Crippen molar-refractivity contribution in [3.8, 4) is 17.3 Å². The van der Waals surface area contributed by atoms with Gasteiger partial charge in [0.2, 0.25) is 0 Å². The van der Waals surface area contributed by atoms with Crippen LogP contribution in [0.4, 0.5) is 5.69 Å². The van der Waals surface area contributed by atoms with Crippen molar-refractivity contribution in [3.05, 3.63) is 59.8 Å². The van der Waals surface area contributed by atoms with E-state index >= 15 is 0 Å². The van der Waals surface area contributed by atoms with Crippen molar-refractivity contribution in [1.29, 1.82) is 5.26 Å². The predicted molar refractivity (Wildman–Crippen MR) is 90.6 cm³/mol. The Morgan fingerprint density at radius 3 is 3.00 bits per heavy atom. The van der Waals surface area contributed by atoms with Gasteiger partial charge in [0.15, 0.2) is 0 Å². The van der Waals surface area contributed by atoms with E-state index in [1.54, 1.807) is 29.7 Å². The summed E-state index contributed by atoms with van der Waals surface area (Å²) in [7, 11) is 0. The molecule has 7 heteroatoms. The highest BCUT2D eigenvalue weighted by atomic mass is 16.2. The van der Waals surface area contributed by atoms with Crippen LogP contribution >= 0.6 is 0 Å². The van der Waals surface area contributed by atoms with Gasteiger partial charge in [-0.3, -0.25) is 24.3 Å². The van der Waals surface area contributed by atoms with Gasteiger partial charge in [-0.15, -0.1) is 0 Å². The zero-order valence-electron chi connectivity index (χ0n) is 13.5. The number of amides is 1. The number of hydrogen-bond donors (Lipinski definition) is 0. The van der Waals surface area contributed by atoms with Crippen LogP contribution in [-0.2, 0) is 13.1 Å². The van der Waals surface area contributed by atoms with Gasteiger partial charge < -0.3 is 0 Å². The van der Waals surface area contributed by atoms with Gasteiger partial charge in [0.1, 0.15) is 6.54 Å². The van der Waals surface area contributed by atoms with E-state index in [1.165, 1.54) is 4.68 Å². The topological polar surface area (TPSA) is 87.7 Å². The van der Waals surface area contributed by atoms with Gasteiger partial charge >= 0.3 is 0 Å². The van der Waals surface area contributed by atoms with Crippen LogP contribution in [0.2, 0.25) is 0 Å². The summed E-state index contributed by atoms with van der Waals surface area (Å²) < 4.78 is 1.51. The lowest BCUT2D eigenvalue weighted by molar-refractivity contribution is 0.0996. The maximum absolute atomic E-state index is 12.8. The molecule has 0 fully saturated rings. The summed E-state index contributed by atoms with van der Waals surface area (Å²) in [5.41, 5.74) is 4.67. The van der Waals surface area contributed by atoms with Crippen LogP contribution in [0.3, 0.4) is 0 Å². The summed E-state index contributed by atoms with van der Waals surface area (Å²) in [4.78, 5) is 23.2. The highest BCUT2D eigenvalue weighted by Gasteiger charge is 2.32. The molecule has 0 unspecified atom stereocenters. The van der Waals surface area contributed by atoms with E-state index in [0.717, 1.165) is 22.5 Å². The zero-order valence-corrected chi connectivity index (χ0v) is 13.5. The highest BCUT2D eigenvalue weighted by molar-refractivity contribution is 6.10. The molecule has 4 rings (SSSR count). The third-order valence-electron chi connectivity index (χ3n) is 4.18. The number of anilines is 1. The molecule has 7 nitrogen and oxygen atoms in total. The lowest BCUT2D eigenvalue weighted by atomic mass is 10.1. The first-order chi connectivity index (χ1) is 12.2. The van der Waals surface area contributed by atoms with E-state index in [-0.39, 0.29) is 12.5 Å². The summed E-state index contributed by atoms with van der Waals surface area (Å²) in [6.07, 6.45) is 6.77. The maximum atomic E-state index is 12.8. The first-order valence-corrected chi connectivity index (χ1v) is 7.79. The molecule has 1 aliphatic rings. The van der Waals surface area contributed by atoms with Gasteiger partial charge in [0.25, 0.3) is 5.91 Å². The number of nitriles is 1. The minimum atomic E-state index is -0.0887. The summed E-state index contributed by atoms with van der Waals surface area (Å²) in [6.45, 7) is 2.46. The first-order valence-electron chi connectivity index (χ1n) is 7.79. The van der Waals surface area contributed by atoms with E-state index < -0.39 is 0 Å². The lowest BCUT2D eigenvalue weighted by Gasteiger charge is -2.11. The highest BCUT2D eigenvalue weighted by Crippen LogP contribution is 2.31. The normalized spacial score (nSPS) is 13.0. The Labute approximate surface area is 144 Å². The lowest BCUT2D eigenvalue weighted by Crippen LogP contribution is -2.22. The molecule has 0 saturated carbocycles. The molecule has 0 spiro atoms. The van der Waals surface area contributed by atoms with Crippen LogP contribution in [-0.4, -0.2) is 25.7 Å². The van der Waals surface area contributed by atoms with Crippen molar-refractivity contribution in [2.24, 2.45) is 0 Å². The van der Waals surface area contributed by atoms with E-state index in [9.17, 15) is 4.79 Å². The van der Waals surface area contributed by atoms with Gasteiger partial charge in [0, 0.05) is 24.2 Å². The summed E-state index contributed by atoms with van der Waals surface area (Å²) >= 11 is 0. The summed E-state index contributed by atoms with van der Waals surface area (Å²) in [5, 5.41) is 12.9. The SMILES string of the molecule is Cc1cc(-c2cccnc2)nc2c1C(=O)N(c1cnn(CC#N)c1)C2. The van der Waals surface area contributed by atoms with Gasteiger partial charge in [-0.25, -0.2) is 0 Å². The fourth-order valence-electron chi connectivity index (χ4n) is 3.02. The molecule has 0 N–H and O–H groups in total. The number of hydrogen-bond acceptors (Lipinski definition) is 5. The molecule has 0 radical (unpaired) electrons. The quantitative estimate of drug-likeness (QED) is 0.735. The number of carbonyl (C=O) groups excluding carboxylic acids is 1. The molecule has 3 aromatic rings. The average molecular weight is 330 g/mol. The minimum absolute atomic E-state index is 0.0887. The number of nitrogens with zero attached hydrogens (tertiary/aromatic N) is 6. The van der Waals surface area contributed by atoms with Crippen molar-refractivity contribution in [2.75, 3.05) is 4.90 Å². The fourth-order valence-corrected chi connectivity index (χ4v) is 3.02. The molecule has 25 heavy (non-hydrogen) atoms. The monoisotopic (exact) mass is 330 g/mol. The molecular weight excluding hydrogens is 316 g/mol. The smallest absolute Gasteiger partial charge is 0.260 e. The van der Waals surface area contributed by atoms with Crippen LogP contribution in [0.5, 0.6) is 0 Å². The number of pyridine rings is 2. The molecule has 0 aromatic carbocycles. The Bertz CT molecular complexity index is 1000. The standard InChI is InChI=1S/C18H14N6O/c1-12-7-15(13-3-2-5-20-8-13)22-16-11-24(18(25)17(12)16)14-9-21-23(10-14)6-4-19/h2-3,5,7-10H,6,11H2,1H3. The Morgan fingerprint density at radius 1 is 1.36 bits per heavy atom. The Balaban J connectivity index is 1.71. The second kappa shape index (κ2) is 5.83. The van der Waals surface area contributed by atoms with E-state index in [1.807, 2.05) is 31.2 Å². The molecule has 0 saturated heterocycles. The number of aryl methyl sites for hydroxylation is 1. The number of aromatic nitrogens is 4. The molecule has 0 bridgehead atoms. The zero-order chi connectivity index (χ0) is 17.4. The molecular formula is C18H14N6O. The average Bonchev–Trinajstić information content (AvgIpc) is 3.21. The van der Waals surface area contributed by atoms with Crippen molar-refractivity contribution >= 4 is 11.6 Å². The van der Waals surface area contributed by atoms with Crippen LogP contribution in [0.25, 0.3) is 11.3 Å². The number of fused-ring (bicyclic) bond motifs is 1. The van der Waals surface area contributed by atoms with Crippen LogP contribution in [0, 0.1) is 18.3 Å². The summed E-state index contributed by atoms with van der Waals surface area (Å²) in [6, 6.07) is 7.75. The third-order valence-corrected chi connectivity index (χ3v) is 4.18. The second-order valence-corrected chi connectivity index (χ2v) is 5.83. The third kappa shape index (κ3) is 2.54. The van der Waals surface area contributed by atoms with Crippen molar-refractivity contribution in [3.63, 3.8) is 0 Å². The van der Waals surface area contributed by atoms with Crippen molar-refractivity contribution < 1.29 is 4.79 Å². The van der Waals surface area contributed by atoms with Gasteiger partial charge in [-0.2, -0.15) is 10.4 Å². The fraction of sp³-hybridized carbons (Fsp3) is 0.167. The van der Waals surface area contributed by atoms with Crippen LogP contribution < -0.4 is 4.90 Å². The Hall–Kier alpha value is -3.53. The molecule has 122 valence electrons. The van der Waals surface area contributed by atoms with Crippen LogP contribution in [0.1, 0.15) is 21.6 Å². The molecule has 0 atom stereocenters. The summed E-state index contributed by atoms with van der Waals surface area (Å²) in [5.74, 6) is -0.0887. The molecule has 1 amide bonds. The number of rotatable bonds is 3. The van der Waals surface area contributed by atoms with Gasteiger partial charge in [-0.05, 0) is 30.7 Å². The largest absolute Gasteiger partial charge is 0.299 e.